The van der Waals surface area contributed by atoms with Crippen LogP contribution >= 0.6 is 0 Å². The van der Waals surface area contributed by atoms with Crippen LogP contribution < -0.4 is 0 Å². The zero-order valence-corrected chi connectivity index (χ0v) is 12.6. The molecule has 0 radical (unpaired) electrons. The summed E-state index contributed by atoms with van der Waals surface area (Å²) in [6.07, 6.45) is 4.58. The van der Waals surface area contributed by atoms with Crippen molar-refractivity contribution < 1.29 is 14.6 Å². The van der Waals surface area contributed by atoms with Crippen molar-refractivity contribution in [1.29, 1.82) is 0 Å². The second-order valence-electron chi connectivity index (χ2n) is 5.92. The van der Waals surface area contributed by atoms with E-state index in [1.165, 1.54) is 0 Å². The second kappa shape index (κ2) is 7.96. The fraction of sp³-hybridized carbons (Fsp3) is 0.933. The normalized spacial score (nSPS) is 25.9. The van der Waals surface area contributed by atoms with Gasteiger partial charge in [-0.05, 0) is 25.7 Å². The van der Waals surface area contributed by atoms with Gasteiger partial charge in [0.05, 0.1) is 12.2 Å². The minimum Gasteiger partial charge on any atom is -0.392 e. The lowest BCUT2D eigenvalue weighted by molar-refractivity contribution is -0.133. The van der Waals surface area contributed by atoms with Crippen LogP contribution in [0.2, 0.25) is 0 Å². The van der Waals surface area contributed by atoms with Gasteiger partial charge in [-0.25, -0.2) is 0 Å². The molecule has 0 aromatic heterocycles. The van der Waals surface area contributed by atoms with Crippen LogP contribution in [0.3, 0.4) is 0 Å². The molecule has 2 aliphatic heterocycles. The lowest BCUT2D eigenvalue weighted by Crippen LogP contribution is -2.50. The van der Waals surface area contributed by atoms with E-state index in [4.69, 9.17) is 4.74 Å². The Hall–Kier alpha value is -0.650. The minimum atomic E-state index is -0.239. The highest BCUT2D eigenvalue weighted by atomic mass is 16.5. The third-order valence-electron chi connectivity index (χ3n) is 4.37. The number of piperazine rings is 1. The van der Waals surface area contributed by atoms with Crippen molar-refractivity contribution in [3.63, 3.8) is 0 Å². The van der Waals surface area contributed by atoms with Gasteiger partial charge in [0.2, 0.25) is 5.91 Å². The molecule has 0 aliphatic carbocycles. The van der Waals surface area contributed by atoms with Crippen LogP contribution in [0.15, 0.2) is 0 Å². The smallest absolute Gasteiger partial charge is 0.222 e. The molecule has 0 aromatic rings. The summed E-state index contributed by atoms with van der Waals surface area (Å²) in [7, 11) is 0. The molecule has 1 N–H and O–H groups in total. The molecule has 5 nitrogen and oxygen atoms in total. The molecule has 1 amide bonds. The molecule has 0 aromatic carbocycles. The van der Waals surface area contributed by atoms with Gasteiger partial charge in [0, 0.05) is 45.8 Å². The maximum atomic E-state index is 12.1. The number of hydrogen-bond acceptors (Lipinski definition) is 4. The minimum absolute atomic E-state index is 0.239. The van der Waals surface area contributed by atoms with E-state index >= 15 is 0 Å². The summed E-state index contributed by atoms with van der Waals surface area (Å²) >= 11 is 0. The molecule has 0 spiro atoms. The van der Waals surface area contributed by atoms with Crippen LogP contribution in [0.25, 0.3) is 0 Å². The summed E-state index contributed by atoms with van der Waals surface area (Å²) in [4.78, 5) is 16.4. The number of hydrogen-bond donors (Lipinski definition) is 1. The summed E-state index contributed by atoms with van der Waals surface area (Å²) in [5, 5.41) is 9.65. The fourth-order valence-corrected chi connectivity index (χ4v) is 2.92. The molecular formula is C15H28N2O3. The Morgan fingerprint density at radius 2 is 2.10 bits per heavy atom. The number of ether oxygens (including phenoxy) is 1. The van der Waals surface area contributed by atoms with Crippen molar-refractivity contribution >= 4 is 5.91 Å². The van der Waals surface area contributed by atoms with E-state index in [1.54, 1.807) is 0 Å². The average molecular weight is 284 g/mol. The third kappa shape index (κ3) is 4.72. The van der Waals surface area contributed by atoms with Gasteiger partial charge in [-0.15, -0.1) is 0 Å². The maximum Gasteiger partial charge on any atom is 0.222 e. The summed E-state index contributed by atoms with van der Waals surface area (Å²) < 4.78 is 5.56. The van der Waals surface area contributed by atoms with Crippen LogP contribution in [0, 0.1) is 0 Å². The van der Waals surface area contributed by atoms with Gasteiger partial charge in [-0.1, -0.05) is 6.92 Å². The molecular weight excluding hydrogens is 256 g/mol. The van der Waals surface area contributed by atoms with E-state index in [-0.39, 0.29) is 12.0 Å². The van der Waals surface area contributed by atoms with E-state index in [1.807, 2.05) is 11.8 Å². The lowest BCUT2D eigenvalue weighted by Gasteiger charge is -2.35. The summed E-state index contributed by atoms with van der Waals surface area (Å²) in [6, 6.07) is 0. The molecule has 0 bridgehead atoms. The predicted octanol–water partition coefficient (Wildman–Crippen LogP) is 0.861. The standard InChI is InChI=1S/C15H28N2O3/c1-2-13(18)12-16-7-9-17(10-8-16)15(19)6-5-14-4-3-11-20-14/h13-14,18H,2-12H2,1H3. The van der Waals surface area contributed by atoms with Crippen LogP contribution in [-0.4, -0.2) is 72.4 Å². The molecule has 2 unspecified atom stereocenters. The summed E-state index contributed by atoms with van der Waals surface area (Å²) in [6.45, 7) is 6.92. The van der Waals surface area contributed by atoms with E-state index in [2.05, 4.69) is 4.90 Å². The van der Waals surface area contributed by atoms with Crippen LogP contribution in [0.4, 0.5) is 0 Å². The maximum absolute atomic E-state index is 12.1. The number of rotatable bonds is 6. The highest BCUT2D eigenvalue weighted by molar-refractivity contribution is 5.76. The molecule has 0 saturated carbocycles. The van der Waals surface area contributed by atoms with E-state index in [0.717, 1.165) is 65.0 Å². The topological polar surface area (TPSA) is 53.0 Å². The van der Waals surface area contributed by atoms with Crippen LogP contribution in [-0.2, 0) is 9.53 Å². The first-order valence-electron chi connectivity index (χ1n) is 7.99. The summed E-state index contributed by atoms with van der Waals surface area (Å²) in [5.74, 6) is 0.260. The van der Waals surface area contributed by atoms with Gasteiger partial charge in [0.1, 0.15) is 0 Å². The molecule has 2 atom stereocenters. The van der Waals surface area contributed by atoms with E-state index in [9.17, 15) is 9.90 Å². The number of nitrogens with zero attached hydrogens (tertiary/aromatic N) is 2. The van der Waals surface area contributed by atoms with Gasteiger partial charge in [-0.2, -0.15) is 0 Å². The Labute approximate surface area is 121 Å². The van der Waals surface area contributed by atoms with Gasteiger partial charge in [-0.3, -0.25) is 9.69 Å². The number of carbonyl (C=O) groups is 1. The quantitative estimate of drug-likeness (QED) is 0.786. The Morgan fingerprint density at radius 3 is 2.70 bits per heavy atom. The van der Waals surface area contributed by atoms with E-state index < -0.39 is 0 Å². The van der Waals surface area contributed by atoms with Crippen molar-refractivity contribution in [2.45, 2.75) is 51.2 Å². The first kappa shape index (κ1) is 15.7. The zero-order chi connectivity index (χ0) is 14.4. The highest BCUT2D eigenvalue weighted by Crippen LogP contribution is 2.17. The van der Waals surface area contributed by atoms with Crippen molar-refractivity contribution in [2.75, 3.05) is 39.3 Å². The van der Waals surface area contributed by atoms with Gasteiger partial charge < -0.3 is 14.7 Å². The number of β-amino-alcohol motifs (C(OH)–C–C–N with tert-alkyl or cyclic N) is 1. The van der Waals surface area contributed by atoms with Crippen molar-refractivity contribution in [1.82, 2.24) is 9.80 Å². The van der Waals surface area contributed by atoms with Crippen LogP contribution in [0.5, 0.6) is 0 Å². The first-order chi connectivity index (χ1) is 9.69. The third-order valence-corrected chi connectivity index (χ3v) is 4.37. The second-order valence-corrected chi connectivity index (χ2v) is 5.92. The van der Waals surface area contributed by atoms with Crippen molar-refractivity contribution in [3.8, 4) is 0 Å². The SMILES string of the molecule is CCC(O)CN1CCN(C(=O)CCC2CCCO2)CC1. The van der Waals surface area contributed by atoms with Crippen molar-refractivity contribution in [3.05, 3.63) is 0 Å². The Bertz CT molecular complexity index is 297. The van der Waals surface area contributed by atoms with Gasteiger partial charge >= 0.3 is 0 Å². The average Bonchev–Trinajstić information content (AvgIpc) is 2.98. The van der Waals surface area contributed by atoms with Gasteiger partial charge in [0.15, 0.2) is 0 Å². The highest BCUT2D eigenvalue weighted by Gasteiger charge is 2.23. The van der Waals surface area contributed by atoms with Crippen LogP contribution in [0.1, 0.15) is 39.0 Å². The number of aliphatic hydroxyl groups excluding tert-OH is 1. The number of amides is 1. The lowest BCUT2D eigenvalue weighted by atomic mass is 10.1. The molecule has 2 fully saturated rings. The molecule has 2 heterocycles. The van der Waals surface area contributed by atoms with E-state index in [0.29, 0.717) is 12.5 Å². The zero-order valence-electron chi connectivity index (χ0n) is 12.6. The molecule has 2 aliphatic rings. The van der Waals surface area contributed by atoms with Crippen molar-refractivity contribution in [2.24, 2.45) is 0 Å². The first-order valence-corrected chi connectivity index (χ1v) is 7.99. The Kier molecular flexibility index (Phi) is 6.26. The van der Waals surface area contributed by atoms with Gasteiger partial charge in [0.25, 0.3) is 0 Å². The summed E-state index contributed by atoms with van der Waals surface area (Å²) in [5.41, 5.74) is 0. The molecule has 5 heteroatoms. The fourth-order valence-electron chi connectivity index (χ4n) is 2.92. The Morgan fingerprint density at radius 1 is 1.35 bits per heavy atom. The molecule has 116 valence electrons. The largest absolute Gasteiger partial charge is 0.392 e. The number of aliphatic hydroxyl groups is 1. The number of carbonyl (C=O) groups excluding carboxylic acids is 1. The molecule has 20 heavy (non-hydrogen) atoms. The molecule has 2 rings (SSSR count). The molecule has 2 saturated heterocycles. The predicted molar refractivity (Wildman–Crippen MR) is 77.5 cm³/mol. The monoisotopic (exact) mass is 284 g/mol. The Balaban J connectivity index is 1.63.